The molecule has 19 heavy (non-hydrogen) atoms. The van der Waals surface area contributed by atoms with Crippen molar-refractivity contribution < 1.29 is 4.79 Å². The Kier molecular flexibility index (Phi) is 2.49. The predicted octanol–water partition coefficient (Wildman–Crippen LogP) is 4.01. The first-order chi connectivity index (χ1) is 9.03. The van der Waals surface area contributed by atoms with Crippen LogP contribution in [-0.4, -0.2) is 5.91 Å². The van der Waals surface area contributed by atoms with Crippen molar-refractivity contribution in [2.75, 3.05) is 4.90 Å². The van der Waals surface area contributed by atoms with Crippen LogP contribution in [0, 0.1) is 0 Å². The Bertz CT molecular complexity index is 608. The summed E-state index contributed by atoms with van der Waals surface area (Å²) in [5.41, 5.74) is 4.31. The average molecular weight is 251 g/mol. The van der Waals surface area contributed by atoms with Crippen molar-refractivity contribution in [1.29, 1.82) is 0 Å². The maximum absolute atomic E-state index is 12.1. The number of rotatable bonds is 0. The first-order valence-corrected chi connectivity index (χ1v) is 6.53. The second kappa shape index (κ2) is 3.95. The van der Waals surface area contributed by atoms with Crippen LogP contribution in [0.4, 0.5) is 11.4 Å². The lowest BCUT2D eigenvalue weighted by molar-refractivity contribution is -0.115. The number of fused-ring (bicyclic) bond motifs is 2. The Morgan fingerprint density at radius 2 is 1.32 bits per heavy atom. The molecule has 2 aromatic carbocycles. The SMILES string of the molecule is CC(=O)N1c2ccccc2C(C)(C)c2ccccc21. The van der Waals surface area contributed by atoms with Crippen molar-refractivity contribution in [2.24, 2.45) is 0 Å². The standard InChI is InChI=1S/C17H17NO/c1-12(19)18-15-10-6-4-8-13(15)17(2,3)14-9-5-7-11-16(14)18/h4-11H,1-3H3. The van der Waals surface area contributed by atoms with Gasteiger partial charge in [0.1, 0.15) is 0 Å². The Morgan fingerprint density at radius 1 is 0.895 bits per heavy atom. The minimum atomic E-state index is -0.0842. The molecule has 0 spiro atoms. The first-order valence-electron chi connectivity index (χ1n) is 6.53. The number of benzene rings is 2. The molecule has 2 aromatic rings. The number of carbonyl (C=O) groups is 1. The molecule has 1 amide bonds. The minimum absolute atomic E-state index is 0.0513. The van der Waals surface area contributed by atoms with Crippen molar-refractivity contribution >= 4 is 17.3 Å². The van der Waals surface area contributed by atoms with Crippen LogP contribution in [0.1, 0.15) is 31.9 Å². The van der Waals surface area contributed by atoms with Gasteiger partial charge in [-0.15, -0.1) is 0 Å². The predicted molar refractivity (Wildman–Crippen MR) is 77.8 cm³/mol. The number of hydrogen-bond acceptors (Lipinski definition) is 1. The molecule has 2 nitrogen and oxygen atoms in total. The molecule has 1 aliphatic heterocycles. The fourth-order valence-corrected chi connectivity index (χ4v) is 3.01. The van der Waals surface area contributed by atoms with Crippen LogP contribution < -0.4 is 4.90 Å². The summed E-state index contributed by atoms with van der Waals surface area (Å²) in [4.78, 5) is 13.9. The third-order valence-electron chi connectivity index (χ3n) is 3.95. The molecule has 0 aliphatic carbocycles. The van der Waals surface area contributed by atoms with Gasteiger partial charge in [0.15, 0.2) is 0 Å². The lowest BCUT2D eigenvalue weighted by Gasteiger charge is -2.40. The fraction of sp³-hybridized carbons (Fsp3) is 0.235. The van der Waals surface area contributed by atoms with Gasteiger partial charge in [-0.1, -0.05) is 50.2 Å². The smallest absolute Gasteiger partial charge is 0.228 e. The molecule has 0 radical (unpaired) electrons. The van der Waals surface area contributed by atoms with Gasteiger partial charge < -0.3 is 0 Å². The van der Waals surface area contributed by atoms with Gasteiger partial charge in [0.2, 0.25) is 5.91 Å². The molecule has 3 rings (SSSR count). The van der Waals surface area contributed by atoms with E-state index < -0.39 is 0 Å². The first kappa shape index (κ1) is 12.0. The number of para-hydroxylation sites is 2. The van der Waals surface area contributed by atoms with Crippen LogP contribution in [0.15, 0.2) is 48.5 Å². The van der Waals surface area contributed by atoms with Gasteiger partial charge in [0.05, 0.1) is 11.4 Å². The van der Waals surface area contributed by atoms with E-state index in [0.29, 0.717) is 0 Å². The molecule has 0 unspecified atom stereocenters. The quantitative estimate of drug-likeness (QED) is 0.692. The normalized spacial score (nSPS) is 15.6. The largest absolute Gasteiger partial charge is 0.281 e. The van der Waals surface area contributed by atoms with Crippen molar-refractivity contribution in [3.63, 3.8) is 0 Å². The van der Waals surface area contributed by atoms with E-state index in [4.69, 9.17) is 0 Å². The highest BCUT2D eigenvalue weighted by Crippen LogP contribution is 2.48. The van der Waals surface area contributed by atoms with E-state index in [9.17, 15) is 4.79 Å². The summed E-state index contributed by atoms with van der Waals surface area (Å²) in [6.45, 7) is 6.04. The van der Waals surface area contributed by atoms with E-state index in [1.807, 2.05) is 41.3 Å². The van der Waals surface area contributed by atoms with E-state index in [1.54, 1.807) is 6.92 Å². The zero-order valence-electron chi connectivity index (χ0n) is 11.5. The molecule has 2 heteroatoms. The Labute approximate surface area is 113 Å². The van der Waals surface area contributed by atoms with Gasteiger partial charge in [-0.25, -0.2) is 0 Å². The fourth-order valence-electron chi connectivity index (χ4n) is 3.01. The summed E-state index contributed by atoms with van der Waals surface area (Å²) in [6, 6.07) is 16.3. The Hall–Kier alpha value is -2.09. The van der Waals surface area contributed by atoms with Gasteiger partial charge in [0, 0.05) is 12.3 Å². The topological polar surface area (TPSA) is 20.3 Å². The summed E-state index contributed by atoms with van der Waals surface area (Å²) < 4.78 is 0. The van der Waals surface area contributed by atoms with Crippen LogP contribution in [0.3, 0.4) is 0 Å². The number of anilines is 2. The van der Waals surface area contributed by atoms with Gasteiger partial charge in [0.25, 0.3) is 0 Å². The second-order valence-electron chi connectivity index (χ2n) is 5.51. The molecular weight excluding hydrogens is 234 g/mol. The molecular formula is C17H17NO. The molecule has 0 saturated carbocycles. The van der Waals surface area contributed by atoms with Crippen LogP contribution in [0.2, 0.25) is 0 Å². The van der Waals surface area contributed by atoms with Crippen LogP contribution in [0.25, 0.3) is 0 Å². The highest BCUT2D eigenvalue weighted by atomic mass is 16.2. The maximum Gasteiger partial charge on any atom is 0.228 e. The highest BCUT2D eigenvalue weighted by molar-refractivity contribution is 6.02. The zero-order chi connectivity index (χ0) is 13.6. The molecule has 0 fully saturated rings. The Morgan fingerprint density at radius 3 is 1.74 bits per heavy atom. The third kappa shape index (κ3) is 1.60. The van der Waals surface area contributed by atoms with E-state index in [-0.39, 0.29) is 11.3 Å². The van der Waals surface area contributed by atoms with E-state index in [0.717, 1.165) is 11.4 Å². The van der Waals surface area contributed by atoms with Crippen molar-refractivity contribution in [1.82, 2.24) is 0 Å². The molecule has 1 heterocycles. The lowest BCUT2D eigenvalue weighted by atomic mass is 9.73. The van der Waals surface area contributed by atoms with Crippen LogP contribution in [0.5, 0.6) is 0 Å². The lowest BCUT2D eigenvalue weighted by Crippen LogP contribution is -2.35. The van der Waals surface area contributed by atoms with Gasteiger partial charge >= 0.3 is 0 Å². The third-order valence-corrected chi connectivity index (χ3v) is 3.95. The van der Waals surface area contributed by atoms with Gasteiger partial charge in [-0.3, -0.25) is 9.69 Å². The van der Waals surface area contributed by atoms with Crippen LogP contribution >= 0.6 is 0 Å². The zero-order valence-corrected chi connectivity index (χ0v) is 11.5. The van der Waals surface area contributed by atoms with Crippen molar-refractivity contribution in [3.8, 4) is 0 Å². The summed E-state index contributed by atoms with van der Waals surface area (Å²) in [7, 11) is 0. The summed E-state index contributed by atoms with van der Waals surface area (Å²) in [6.07, 6.45) is 0. The molecule has 0 aromatic heterocycles. The van der Waals surface area contributed by atoms with E-state index in [2.05, 4.69) is 26.0 Å². The molecule has 0 saturated heterocycles. The molecule has 96 valence electrons. The van der Waals surface area contributed by atoms with Crippen molar-refractivity contribution in [3.05, 3.63) is 59.7 Å². The van der Waals surface area contributed by atoms with Gasteiger partial charge in [-0.05, 0) is 23.3 Å². The number of nitrogens with zero attached hydrogens (tertiary/aromatic N) is 1. The number of carbonyl (C=O) groups excluding carboxylic acids is 1. The maximum atomic E-state index is 12.1. The molecule has 0 bridgehead atoms. The van der Waals surface area contributed by atoms with E-state index in [1.165, 1.54) is 11.1 Å². The molecule has 1 aliphatic rings. The summed E-state index contributed by atoms with van der Waals surface area (Å²) in [5, 5.41) is 0. The number of hydrogen-bond donors (Lipinski definition) is 0. The average Bonchev–Trinajstić information content (AvgIpc) is 2.39. The summed E-state index contributed by atoms with van der Waals surface area (Å²) >= 11 is 0. The molecule has 0 N–H and O–H groups in total. The summed E-state index contributed by atoms with van der Waals surface area (Å²) in [5.74, 6) is 0.0513. The van der Waals surface area contributed by atoms with E-state index >= 15 is 0 Å². The monoisotopic (exact) mass is 251 g/mol. The highest BCUT2D eigenvalue weighted by Gasteiger charge is 2.36. The van der Waals surface area contributed by atoms with Gasteiger partial charge in [-0.2, -0.15) is 0 Å². The van der Waals surface area contributed by atoms with Crippen LogP contribution in [-0.2, 0) is 10.2 Å². The molecule has 0 atom stereocenters. The minimum Gasteiger partial charge on any atom is -0.281 e. The Balaban J connectivity index is 2.37. The second-order valence-corrected chi connectivity index (χ2v) is 5.51. The van der Waals surface area contributed by atoms with Crippen molar-refractivity contribution in [2.45, 2.75) is 26.2 Å². The number of amides is 1.